The number of carboxylic acid groups (broad SMARTS) is 1. The number of carboxylic acids is 1. The number of rotatable bonds is 13. The average molecular weight is 822 g/mol. The minimum absolute atomic E-state index is 0.0380. The Labute approximate surface area is 337 Å². The van der Waals surface area contributed by atoms with Gasteiger partial charge in [0.05, 0.1) is 25.0 Å². The van der Waals surface area contributed by atoms with Crippen LogP contribution in [0.5, 0.6) is 0 Å². The van der Waals surface area contributed by atoms with Gasteiger partial charge in [-0.3, -0.25) is 24.0 Å². The lowest BCUT2D eigenvalue weighted by molar-refractivity contribution is -0.327. The number of ether oxygens (including phenoxy) is 6. The summed E-state index contributed by atoms with van der Waals surface area (Å²) < 4.78 is 32.8. The van der Waals surface area contributed by atoms with Crippen molar-refractivity contribution in [2.45, 2.75) is 153 Å². The van der Waals surface area contributed by atoms with Gasteiger partial charge in [-0.1, -0.05) is 19.4 Å². The molecule has 2 aliphatic heterocycles. The fraction of sp³-hybridized carbons (Fsp3) is 0.805. The van der Waals surface area contributed by atoms with Gasteiger partial charge >= 0.3 is 17.9 Å². The quantitative estimate of drug-likeness (QED) is 0.164. The molecule has 5 N–H and O–H groups in total. The molecule has 2 saturated heterocycles. The van der Waals surface area contributed by atoms with Crippen molar-refractivity contribution in [3.63, 3.8) is 0 Å². The number of methoxy groups -OCH3 is 1. The Morgan fingerprint density at radius 3 is 2.26 bits per heavy atom. The fourth-order valence-electron chi connectivity index (χ4n) is 11.3. The number of aliphatic carboxylic acids is 1. The van der Waals surface area contributed by atoms with Crippen LogP contribution in [0.4, 0.5) is 0 Å². The molecule has 58 heavy (non-hydrogen) atoms. The van der Waals surface area contributed by atoms with Gasteiger partial charge in [-0.15, -0.1) is 0 Å². The van der Waals surface area contributed by atoms with Gasteiger partial charge in [-0.2, -0.15) is 0 Å². The molecule has 10 unspecified atom stereocenters. The SMILES string of the molecule is COC1C(C(=O)O)OC(OC2C(O)C(COC(=O)CCC(=O)OCC(=O)[C@H]3CC[C@H]4[C@@H]5CCC6=CC(=O)CC[C@]6(C)[C@H]5CC[C@]34C)OC(C)C2NC(C)=O)C(O)C1O. The third-order valence-corrected chi connectivity index (χ3v) is 14.4. The summed E-state index contributed by atoms with van der Waals surface area (Å²) in [7, 11) is 1.13. The van der Waals surface area contributed by atoms with E-state index in [4.69, 9.17) is 28.4 Å². The van der Waals surface area contributed by atoms with E-state index in [1.807, 2.05) is 6.08 Å². The molecule has 4 aliphatic carbocycles. The summed E-state index contributed by atoms with van der Waals surface area (Å²) in [5, 5.41) is 44.7. The van der Waals surface area contributed by atoms with Crippen molar-refractivity contribution in [1.29, 1.82) is 0 Å². The predicted molar refractivity (Wildman–Crippen MR) is 198 cm³/mol. The highest BCUT2D eigenvalue weighted by Crippen LogP contribution is 2.66. The van der Waals surface area contributed by atoms with Crippen molar-refractivity contribution in [3.8, 4) is 0 Å². The number of hydrogen-bond acceptors (Lipinski definition) is 15. The van der Waals surface area contributed by atoms with Crippen LogP contribution in [0.3, 0.4) is 0 Å². The number of carbonyl (C=O) groups is 6. The highest BCUT2D eigenvalue weighted by molar-refractivity contribution is 5.91. The number of carbonyl (C=O) groups excluding carboxylic acids is 5. The van der Waals surface area contributed by atoms with E-state index in [1.165, 1.54) is 12.5 Å². The Balaban J connectivity index is 0.979. The summed E-state index contributed by atoms with van der Waals surface area (Å²) >= 11 is 0. The second kappa shape index (κ2) is 17.7. The molecule has 0 aromatic carbocycles. The minimum atomic E-state index is -1.81. The van der Waals surface area contributed by atoms with Crippen LogP contribution in [0.15, 0.2) is 11.6 Å². The standard InChI is InChI=1S/C41H59NO16/c1-19-31(42-20(2)43)35(57-39-34(50)33(49)36(53-5)37(58-39)38(51)52)32(48)28(56-19)18-55-30(47)11-10-29(46)54-17-27(45)26-9-8-24-23-7-6-21-16-22(44)12-14-40(21,3)25(23)13-15-41(24,26)4/h16,19,23-26,28,31-37,39,48-50H,6-15,17-18H2,1-5H3,(H,42,43)(H,51,52)/t19?,23-,24-,25-,26+,28?,31?,32?,33?,34?,35?,36?,37?,39?,40-,41-/m0/s1. The maximum absolute atomic E-state index is 13.6. The first kappa shape index (κ1) is 44.2. The zero-order chi connectivity index (χ0) is 42.3. The Hall–Kier alpha value is -3.32. The van der Waals surface area contributed by atoms with Crippen molar-refractivity contribution in [1.82, 2.24) is 5.32 Å². The summed E-state index contributed by atoms with van der Waals surface area (Å²) in [5.74, 6) is -2.32. The Bertz CT molecular complexity index is 1630. The van der Waals surface area contributed by atoms with E-state index < -0.39 is 91.6 Å². The maximum Gasteiger partial charge on any atom is 0.335 e. The summed E-state index contributed by atoms with van der Waals surface area (Å²) in [5.41, 5.74) is 1.15. The van der Waals surface area contributed by atoms with E-state index in [9.17, 15) is 49.2 Å². The van der Waals surface area contributed by atoms with Gasteiger partial charge in [0.15, 0.2) is 24.0 Å². The summed E-state index contributed by atoms with van der Waals surface area (Å²) in [6, 6.07) is -1.05. The third kappa shape index (κ3) is 8.63. The molecule has 324 valence electrons. The van der Waals surface area contributed by atoms with Gasteiger partial charge in [-0.25, -0.2) is 4.79 Å². The zero-order valence-electron chi connectivity index (χ0n) is 33.8. The first-order chi connectivity index (χ1) is 27.4. The molecule has 0 aromatic heterocycles. The van der Waals surface area contributed by atoms with Crippen LogP contribution >= 0.6 is 0 Å². The third-order valence-electron chi connectivity index (χ3n) is 14.4. The number of hydrogen-bond donors (Lipinski definition) is 5. The van der Waals surface area contributed by atoms with Gasteiger partial charge in [0, 0.05) is 26.4 Å². The fourth-order valence-corrected chi connectivity index (χ4v) is 11.3. The van der Waals surface area contributed by atoms with E-state index in [2.05, 4.69) is 19.2 Å². The number of aliphatic hydroxyl groups is 3. The number of allylic oxidation sites excluding steroid dienone is 1. The van der Waals surface area contributed by atoms with Crippen LogP contribution in [0.25, 0.3) is 0 Å². The van der Waals surface area contributed by atoms with Gasteiger partial charge in [0.25, 0.3) is 0 Å². The second-order valence-electron chi connectivity index (χ2n) is 17.6. The lowest BCUT2D eigenvalue weighted by Gasteiger charge is -2.58. The summed E-state index contributed by atoms with van der Waals surface area (Å²) in [4.78, 5) is 75.0. The van der Waals surface area contributed by atoms with Gasteiger partial charge in [-0.05, 0) is 86.5 Å². The molecular weight excluding hydrogens is 762 g/mol. The molecule has 17 nitrogen and oxygen atoms in total. The molecule has 1 amide bonds. The largest absolute Gasteiger partial charge is 0.479 e. The average Bonchev–Trinajstić information content (AvgIpc) is 3.54. The first-order valence-corrected chi connectivity index (χ1v) is 20.5. The van der Waals surface area contributed by atoms with E-state index in [0.29, 0.717) is 24.2 Å². The molecule has 6 aliphatic rings. The van der Waals surface area contributed by atoms with Crippen molar-refractivity contribution < 1.29 is 77.6 Å². The normalized spacial score (nSPS) is 42.2. The molecule has 2 heterocycles. The molecule has 0 radical (unpaired) electrons. The van der Waals surface area contributed by atoms with Gasteiger partial charge in [0.2, 0.25) is 5.91 Å². The van der Waals surface area contributed by atoms with Crippen LogP contribution in [0, 0.1) is 34.5 Å². The smallest absolute Gasteiger partial charge is 0.335 e. The van der Waals surface area contributed by atoms with E-state index in [0.717, 1.165) is 52.1 Å². The topological polar surface area (TPSA) is 251 Å². The van der Waals surface area contributed by atoms with Crippen LogP contribution in [0.1, 0.15) is 91.9 Å². The van der Waals surface area contributed by atoms with Crippen LogP contribution in [0.2, 0.25) is 0 Å². The Morgan fingerprint density at radius 2 is 1.59 bits per heavy atom. The predicted octanol–water partition coefficient (Wildman–Crippen LogP) is 1.15. The first-order valence-electron chi connectivity index (χ1n) is 20.5. The van der Waals surface area contributed by atoms with Crippen molar-refractivity contribution in [2.75, 3.05) is 20.3 Å². The van der Waals surface area contributed by atoms with Crippen LogP contribution in [-0.2, 0) is 57.2 Å². The minimum Gasteiger partial charge on any atom is -0.479 e. The number of aliphatic hydroxyl groups excluding tert-OH is 3. The Kier molecular flexibility index (Phi) is 13.5. The van der Waals surface area contributed by atoms with Crippen molar-refractivity contribution in [2.24, 2.45) is 34.5 Å². The van der Waals surface area contributed by atoms with Gasteiger partial charge < -0.3 is 54.2 Å². The lowest BCUT2D eigenvalue weighted by Crippen LogP contribution is -2.67. The number of nitrogens with one attached hydrogen (secondary N) is 1. The van der Waals surface area contributed by atoms with Crippen molar-refractivity contribution in [3.05, 3.63) is 11.6 Å². The van der Waals surface area contributed by atoms with Crippen molar-refractivity contribution >= 4 is 35.4 Å². The Morgan fingerprint density at radius 1 is 0.879 bits per heavy atom. The molecule has 0 aromatic rings. The summed E-state index contributed by atoms with van der Waals surface area (Å²) in [6.07, 6.45) is -5.49. The highest BCUT2D eigenvalue weighted by atomic mass is 16.7. The molecule has 0 bridgehead atoms. The van der Waals surface area contributed by atoms with E-state index in [1.54, 1.807) is 6.92 Å². The highest BCUT2D eigenvalue weighted by Gasteiger charge is 2.60. The second-order valence-corrected chi connectivity index (χ2v) is 17.6. The molecule has 6 rings (SSSR count). The van der Waals surface area contributed by atoms with E-state index in [-0.39, 0.29) is 47.8 Å². The van der Waals surface area contributed by atoms with Crippen LogP contribution in [-0.4, -0.2) is 137 Å². The molecule has 3 saturated carbocycles. The van der Waals surface area contributed by atoms with Gasteiger partial charge in [0.1, 0.15) is 49.8 Å². The number of fused-ring (bicyclic) bond motifs is 5. The number of esters is 2. The monoisotopic (exact) mass is 821 g/mol. The molecule has 17 heteroatoms. The summed E-state index contributed by atoms with van der Waals surface area (Å²) in [6.45, 7) is 6.41. The number of Topliss-reactive ketones (excluding diaryl/α,β-unsaturated/α-hetero) is 1. The molecule has 0 spiro atoms. The van der Waals surface area contributed by atoms with E-state index >= 15 is 0 Å². The molecular formula is C41H59NO16. The number of amides is 1. The zero-order valence-corrected chi connectivity index (χ0v) is 33.8. The number of ketones is 2. The molecule has 5 fully saturated rings. The molecule has 16 atom stereocenters. The maximum atomic E-state index is 13.6. The lowest BCUT2D eigenvalue weighted by atomic mass is 9.46. The van der Waals surface area contributed by atoms with Crippen LogP contribution < -0.4 is 5.32 Å².